The van der Waals surface area contributed by atoms with Gasteiger partial charge in [0.25, 0.3) is 5.56 Å². The summed E-state index contributed by atoms with van der Waals surface area (Å²) in [6.45, 7) is 7.76. The Bertz CT molecular complexity index is 1010. The summed E-state index contributed by atoms with van der Waals surface area (Å²) >= 11 is 1.34. The quantitative estimate of drug-likeness (QED) is 0.375. The molecule has 0 unspecified atom stereocenters. The summed E-state index contributed by atoms with van der Waals surface area (Å²) in [7, 11) is 0. The minimum absolute atomic E-state index is 0.0349. The summed E-state index contributed by atoms with van der Waals surface area (Å²) in [6.07, 6.45) is 0. The molecular formula is C21H22N2O2S. The van der Waals surface area contributed by atoms with Crippen LogP contribution in [0.3, 0.4) is 0 Å². The summed E-state index contributed by atoms with van der Waals surface area (Å²) in [5.74, 6) is 0.0349. The van der Waals surface area contributed by atoms with E-state index in [0.29, 0.717) is 21.6 Å². The number of aromatic nitrogens is 2. The highest BCUT2D eigenvalue weighted by Gasteiger charge is 2.21. The average molecular weight is 366 g/mol. The second-order valence-corrected chi connectivity index (χ2v) is 7.98. The van der Waals surface area contributed by atoms with Crippen LogP contribution in [0, 0.1) is 6.92 Å². The molecule has 5 heteroatoms. The van der Waals surface area contributed by atoms with E-state index in [1.165, 1.54) is 11.8 Å². The molecular weight excluding hydrogens is 344 g/mol. The molecule has 4 nitrogen and oxygen atoms in total. The van der Waals surface area contributed by atoms with Gasteiger partial charge in [-0.2, -0.15) is 0 Å². The zero-order valence-electron chi connectivity index (χ0n) is 15.4. The molecule has 0 aliphatic carbocycles. The fourth-order valence-corrected chi connectivity index (χ4v) is 3.95. The number of fused-ring (bicyclic) bond motifs is 1. The van der Waals surface area contributed by atoms with Crippen LogP contribution >= 0.6 is 11.8 Å². The number of carbonyl (C=O) groups is 1. The molecule has 134 valence electrons. The van der Waals surface area contributed by atoms with Gasteiger partial charge in [0.05, 0.1) is 16.2 Å². The predicted octanol–water partition coefficient (Wildman–Crippen LogP) is 4.65. The first-order valence-corrected chi connectivity index (χ1v) is 9.55. The van der Waals surface area contributed by atoms with Gasteiger partial charge in [0.1, 0.15) is 0 Å². The van der Waals surface area contributed by atoms with Crippen LogP contribution in [0.25, 0.3) is 10.9 Å². The largest absolute Gasteiger partial charge is 0.293 e. The molecule has 0 N–H and O–H groups in total. The number of nitrogens with zero attached hydrogens (tertiary/aromatic N) is 2. The predicted molar refractivity (Wildman–Crippen MR) is 107 cm³/mol. The van der Waals surface area contributed by atoms with Crippen LogP contribution in [-0.4, -0.2) is 20.6 Å². The Labute approximate surface area is 157 Å². The van der Waals surface area contributed by atoms with E-state index < -0.39 is 0 Å². The Morgan fingerprint density at radius 2 is 1.69 bits per heavy atom. The zero-order valence-corrected chi connectivity index (χ0v) is 16.2. The summed E-state index contributed by atoms with van der Waals surface area (Å²) in [6, 6.07) is 14.8. The van der Waals surface area contributed by atoms with E-state index in [0.717, 1.165) is 5.56 Å². The van der Waals surface area contributed by atoms with Crippen molar-refractivity contribution in [3.63, 3.8) is 0 Å². The van der Waals surface area contributed by atoms with Crippen molar-refractivity contribution in [2.24, 2.45) is 0 Å². The molecule has 0 saturated carbocycles. The van der Waals surface area contributed by atoms with Crippen LogP contribution < -0.4 is 5.56 Å². The highest BCUT2D eigenvalue weighted by molar-refractivity contribution is 8.00. The lowest BCUT2D eigenvalue weighted by Crippen LogP contribution is -2.26. The monoisotopic (exact) mass is 366 g/mol. The van der Waals surface area contributed by atoms with Gasteiger partial charge in [0, 0.05) is 11.6 Å². The maximum absolute atomic E-state index is 12.9. The first-order valence-electron chi connectivity index (χ1n) is 8.67. The SMILES string of the molecule is Cc1ccc(C(=O)[C@H](C)Sc2nc3ccccc3c(=O)n2C(C)C)cc1. The fraction of sp³-hybridized carbons (Fsp3) is 0.286. The first-order chi connectivity index (χ1) is 12.4. The van der Waals surface area contributed by atoms with Crippen LogP contribution in [0.1, 0.15) is 42.7 Å². The van der Waals surface area contributed by atoms with Gasteiger partial charge < -0.3 is 0 Å². The standard InChI is InChI=1S/C21H22N2O2S/c1-13(2)23-20(25)17-7-5-6-8-18(17)22-21(23)26-15(4)19(24)16-11-9-14(3)10-12-16/h5-13,15H,1-4H3/t15-/m0/s1. The van der Waals surface area contributed by atoms with E-state index >= 15 is 0 Å². The van der Waals surface area contributed by atoms with Crippen LogP contribution in [0.4, 0.5) is 0 Å². The van der Waals surface area contributed by atoms with Crippen molar-refractivity contribution in [3.8, 4) is 0 Å². The fourth-order valence-electron chi connectivity index (χ4n) is 2.83. The molecule has 0 spiro atoms. The van der Waals surface area contributed by atoms with Gasteiger partial charge in [-0.25, -0.2) is 4.98 Å². The average Bonchev–Trinajstić information content (AvgIpc) is 2.61. The smallest absolute Gasteiger partial charge is 0.262 e. The van der Waals surface area contributed by atoms with Crippen LogP contribution in [0.5, 0.6) is 0 Å². The van der Waals surface area contributed by atoms with Gasteiger partial charge in [-0.15, -0.1) is 0 Å². The molecule has 2 aromatic carbocycles. The molecule has 26 heavy (non-hydrogen) atoms. The van der Waals surface area contributed by atoms with Gasteiger partial charge in [-0.3, -0.25) is 14.2 Å². The maximum atomic E-state index is 12.9. The molecule has 0 fully saturated rings. The van der Waals surface area contributed by atoms with E-state index in [-0.39, 0.29) is 22.6 Å². The second-order valence-electron chi connectivity index (χ2n) is 6.67. The van der Waals surface area contributed by atoms with Gasteiger partial charge in [0.15, 0.2) is 10.9 Å². The lowest BCUT2D eigenvalue weighted by Gasteiger charge is -2.18. The van der Waals surface area contributed by atoms with E-state index in [1.54, 1.807) is 10.6 Å². The number of carbonyl (C=O) groups excluding carboxylic acids is 1. The number of ketones is 1. The summed E-state index contributed by atoms with van der Waals surface area (Å²) in [4.78, 5) is 30.3. The van der Waals surface area contributed by atoms with Crippen LogP contribution in [-0.2, 0) is 0 Å². The number of hydrogen-bond donors (Lipinski definition) is 0. The van der Waals surface area contributed by atoms with Crippen molar-refractivity contribution in [2.45, 2.75) is 44.1 Å². The zero-order chi connectivity index (χ0) is 18.8. The molecule has 3 rings (SSSR count). The van der Waals surface area contributed by atoms with Gasteiger partial charge in [-0.1, -0.05) is 53.7 Å². The third-order valence-corrected chi connectivity index (χ3v) is 5.35. The van der Waals surface area contributed by atoms with Crippen molar-refractivity contribution in [1.29, 1.82) is 0 Å². The lowest BCUT2D eigenvalue weighted by molar-refractivity contribution is 0.0994. The van der Waals surface area contributed by atoms with Gasteiger partial charge >= 0.3 is 0 Å². The number of aryl methyl sites for hydroxylation is 1. The third kappa shape index (κ3) is 3.58. The molecule has 0 radical (unpaired) electrons. The van der Waals surface area contributed by atoms with Crippen molar-refractivity contribution < 1.29 is 4.79 Å². The molecule has 3 aromatic rings. The van der Waals surface area contributed by atoms with Gasteiger partial charge in [-0.05, 0) is 39.8 Å². The summed E-state index contributed by atoms with van der Waals surface area (Å²) in [5.41, 5.74) is 2.39. The number of benzene rings is 2. The Kier molecular flexibility index (Phi) is 5.28. The lowest BCUT2D eigenvalue weighted by atomic mass is 10.1. The van der Waals surface area contributed by atoms with Gasteiger partial charge in [0.2, 0.25) is 0 Å². The first kappa shape index (κ1) is 18.4. The topological polar surface area (TPSA) is 52.0 Å². The Morgan fingerprint density at radius 1 is 1.04 bits per heavy atom. The molecule has 0 aliphatic heterocycles. The van der Waals surface area contributed by atoms with E-state index in [1.807, 2.05) is 70.2 Å². The number of para-hydroxylation sites is 1. The number of rotatable bonds is 5. The molecule has 0 aliphatic rings. The summed E-state index contributed by atoms with van der Waals surface area (Å²) in [5, 5.41) is 0.843. The highest BCUT2D eigenvalue weighted by atomic mass is 32.2. The molecule has 0 bridgehead atoms. The Morgan fingerprint density at radius 3 is 2.35 bits per heavy atom. The highest BCUT2D eigenvalue weighted by Crippen LogP contribution is 2.26. The summed E-state index contributed by atoms with van der Waals surface area (Å²) < 4.78 is 1.67. The second kappa shape index (κ2) is 7.46. The molecule has 0 amide bonds. The van der Waals surface area contributed by atoms with Crippen molar-refractivity contribution in [1.82, 2.24) is 9.55 Å². The Balaban J connectivity index is 1.99. The van der Waals surface area contributed by atoms with E-state index in [9.17, 15) is 9.59 Å². The normalized spacial score (nSPS) is 12.5. The van der Waals surface area contributed by atoms with E-state index in [4.69, 9.17) is 0 Å². The minimum Gasteiger partial charge on any atom is -0.293 e. The Hall–Kier alpha value is -2.40. The van der Waals surface area contributed by atoms with Crippen molar-refractivity contribution in [2.75, 3.05) is 0 Å². The molecule has 1 heterocycles. The maximum Gasteiger partial charge on any atom is 0.262 e. The molecule has 0 saturated heterocycles. The van der Waals surface area contributed by atoms with E-state index in [2.05, 4.69) is 4.98 Å². The number of hydrogen-bond acceptors (Lipinski definition) is 4. The van der Waals surface area contributed by atoms with Crippen LogP contribution in [0.2, 0.25) is 0 Å². The molecule has 1 atom stereocenters. The third-order valence-electron chi connectivity index (χ3n) is 4.28. The molecule has 1 aromatic heterocycles. The van der Waals surface area contributed by atoms with Crippen molar-refractivity contribution in [3.05, 3.63) is 70.0 Å². The van der Waals surface area contributed by atoms with Crippen LogP contribution in [0.15, 0.2) is 58.5 Å². The minimum atomic E-state index is -0.337. The number of thioether (sulfide) groups is 1. The number of Topliss-reactive ketones (excluding diaryl/α,β-unsaturated/α-hetero) is 1. The van der Waals surface area contributed by atoms with Crippen molar-refractivity contribution >= 4 is 28.4 Å².